The highest BCUT2D eigenvalue weighted by Crippen LogP contribution is 2.38. The van der Waals surface area contributed by atoms with E-state index >= 15 is 0 Å². The van der Waals surface area contributed by atoms with Crippen molar-refractivity contribution in [3.05, 3.63) is 28.8 Å². The van der Waals surface area contributed by atoms with E-state index in [1.807, 2.05) is 9.58 Å². The van der Waals surface area contributed by atoms with Gasteiger partial charge in [-0.3, -0.25) is 14.6 Å². The van der Waals surface area contributed by atoms with Gasteiger partial charge in [-0.05, 0) is 51.4 Å². The zero-order valence-electron chi connectivity index (χ0n) is 14.4. The Morgan fingerprint density at radius 3 is 2.96 bits per heavy atom. The van der Waals surface area contributed by atoms with Crippen LogP contribution in [-0.4, -0.2) is 48.6 Å². The summed E-state index contributed by atoms with van der Waals surface area (Å²) >= 11 is 0. The molecule has 2 aliphatic carbocycles. The second-order valence-corrected chi connectivity index (χ2v) is 7.67. The van der Waals surface area contributed by atoms with Gasteiger partial charge in [-0.1, -0.05) is 5.21 Å². The molecule has 1 saturated carbocycles. The van der Waals surface area contributed by atoms with Crippen LogP contribution in [0.2, 0.25) is 0 Å². The van der Waals surface area contributed by atoms with Crippen molar-refractivity contribution in [3.63, 3.8) is 0 Å². The number of carbonyl (C=O) groups is 1. The van der Waals surface area contributed by atoms with Crippen molar-refractivity contribution < 1.29 is 4.79 Å². The predicted molar refractivity (Wildman–Crippen MR) is 91.3 cm³/mol. The van der Waals surface area contributed by atoms with E-state index in [-0.39, 0.29) is 11.9 Å². The van der Waals surface area contributed by atoms with Crippen molar-refractivity contribution in [2.75, 3.05) is 6.54 Å². The number of fused-ring (bicyclic) bond motifs is 1. The van der Waals surface area contributed by atoms with Gasteiger partial charge in [-0.25, -0.2) is 0 Å². The van der Waals surface area contributed by atoms with Crippen LogP contribution in [0, 0.1) is 0 Å². The molecular formula is C18H24N6O. The molecule has 3 heterocycles. The third-order valence-corrected chi connectivity index (χ3v) is 5.85. The van der Waals surface area contributed by atoms with Crippen LogP contribution in [0.15, 0.2) is 6.20 Å². The van der Waals surface area contributed by atoms with Crippen LogP contribution in [0.4, 0.5) is 0 Å². The Hall–Kier alpha value is -2.18. The van der Waals surface area contributed by atoms with Crippen LogP contribution in [-0.2, 0) is 19.4 Å². The number of nitrogens with zero attached hydrogens (tertiary/aromatic N) is 5. The van der Waals surface area contributed by atoms with Gasteiger partial charge in [0.2, 0.25) is 0 Å². The highest BCUT2D eigenvalue weighted by Gasteiger charge is 2.34. The summed E-state index contributed by atoms with van der Waals surface area (Å²) in [5.74, 6) is 0.704. The van der Waals surface area contributed by atoms with Crippen LogP contribution in [0.1, 0.15) is 71.9 Å². The Kier molecular flexibility index (Phi) is 3.60. The molecule has 1 N–H and O–H groups in total. The van der Waals surface area contributed by atoms with E-state index in [1.54, 1.807) is 0 Å². The molecule has 5 rings (SSSR count). The standard InChI is InChI=1S/C18H24N6O/c25-18(17-14-5-1-2-6-15(14)19-21-17)24-9-3-4-13(24)10-23-11-16(20-22-23)12-7-8-12/h11-13H,1-10H2,(H,19,21)/t13-/m0/s1. The van der Waals surface area contributed by atoms with E-state index in [0.29, 0.717) is 11.6 Å². The summed E-state index contributed by atoms with van der Waals surface area (Å²) in [7, 11) is 0. The average Bonchev–Trinajstić information content (AvgIpc) is 3.05. The molecule has 1 saturated heterocycles. The lowest BCUT2D eigenvalue weighted by Crippen LogP contribution is -2.38. The minimum absolute atomic E-state index is 0.0874. The molecule has 132 valence electrons. The number of hydrogen-bond donors (Lipinski definition) is 1. The first-order valence-electron chi connectivity index (χ1n) is 9.56. The van der Waals surface area contributed by atoms with Gasteiger partial charge in [0, 0.05) is 29.9 Å². The molecule has 1 amide bonds. The van der Waals surface area contributed by atoms with Crippen molar-refractivity contribution in [1.82, 2.24) is 30.1 Å². The molecule has 0 unspecified atom stereocenters. The monoisotopic (exact) mass is 340 g/mol. The van der Waals surface area contributed by atoms with E-state index in [2.05, 4.69) is 26.7 Å². The minimum atomic E-state index is 0.0874. The van der Waals surface area contributed by atoms with E-state index in [4.69, 9.17) is 0 Å². The maximum absolute atomic E-state index is 13.1. The smallest absolute Gasteiger partial charge is 0.274 e. The first-order chi connectivity index (χ1) is 12.3. The lowest BCUT2D eigenvalue weighted by molar-refractivity contribution is 0.0714. The van der Waals surface area contributed by atoms with Crippen molar-refractivity contribution >= 4 is 5.91 Å². The van der Waals surface area contributed by atoms with Crippen molar-refractivity contribution in [2.45, 2.75) is 69.9 Å². The minimum Gasteiger partial charge on any atom is -0.332 e. The number of hydrogen-bond acceptors (Lipinski definition) is 4. The molecule has 0 bridgehead atoms. The quantitative estimate of drug-likeness (QED) is 0.924. The summed E-state index contributed by atoms with van der Waals surface area (Å²) in [4.78, 5) is 15.1. The Labute approximate surface area is 146 Å². The molecule has 2 aromatic heterocycles. The molecule has 7 heteroatoms. The predicted octanol–water partition coefficient (Wildman–Crippen LogP) is 2.06. The Morgan fingerprint density at radius 1 is 1.20 bits per heavy atom. The molecule has 0 aromatic carbocycles. The second kappa shape index (κ2) is 5.97. The first-order valence-corrected chi connectivity index (χ1v) is 9.56. The maximum Gasteiger partial charge on any atom is 0.274 e. The topological polar surface area (TPSA) is 79.7 Å². The van der Waals surface area contributed by atoms with Gasteiger partial charge in [-0.15, -0.1) is 5.10 Å². The Balaban J connectivity index is 1.33. The number of carbonyl (C=O) groups excluding carboxylic acids is 1. The lowest BCUT2D eigenvalue weighted by Gasteiger charge is -2.24. The van der Waals surface area contributed by atoms with Crippen molar-refractivity contribution in [1.29, 1.82) is 0 Å². The third-order valence-electron chi connectivity index (χ3n) is 5.85. The number of aromatic amines is 1. The number of amides is 1. The van der Waals surface area contributed by atoms with Crippen LogP contribution in [0.5, 0.6) is 0 Å². The first kappa shape index (κ1) is 15.1. The molecule has 25 heavy (non-hydrogen) atoms. The summed E-state index contributed by atoms with van der Waals surface area (Å²) in [6.45, 7) is 1.55. The fraction of sp³-hybridized carbons (Fsp3) is 0.667. The summed E-state index contributed by atoms with van der Waals surface area (Å²) in [6.07, 6.45) is 10.9. The summed E-state index contributed by atoms with van der Waals surface area (Å²) in [5, 5.41) is 16.0. The van der Waals surface area contributed by atoms with Crippen LogP contribution >= 0.6 is 0 Å². The second-order valence-electron chi connectivity index (χ2n) is 7.67. The van der Waals surface area contributed by atoms with Gasteiger partial charge in [0.15, 0.2) is 5.69 Å². The number of aromatic nitrogens is 5. The Morgan fingerprint density at radius 2 is 2.08 bits per heavy atom. The number of aryl methyl sites for hydroxylation is 1. The number of nitrogens with one attached hydrogen (secondary N) is 1. The summed E-state index contributed by atoms with van der Waals surface area (Å²) in [5.41, 5.74) is 4.07. The molecule has 0 radical (unpaired) electrons. The fourth-order valence-corrected chi connectivity index (χ4v) is 4.27. The highest BCUT2D eigenvalue weighted by atomic mass is 16.2. The van der Waals surface area contributed by atoms with Gasteiger partial charge in [-0.2, -0.15) is 5.10 Å². The molecule has 2 fully saturated rings. The maximum atomic E-state index is 13.1. The number of H-pyrrole nitrogens is 1. The van der Waals surface area contributed by atoms with Gasteiger partial charge < -0.3 is 4.90 Å². The summed E-state index contributed by atoms with van der Waals surface area (Å²) < 4.78 is 1.92. The SMILES string of the molecule is O=C(c1n[nH]c2c1CCCC2)N1CCC[C@H]1Cn1cc(C2CC2)nn1. The van der Waals surface area contributed by atoms with Crippen molar-refractivity contribution in [2.24, 2.45) is 0 Å². The molecular weight excluding hydrogens is 316 g/mol. The molecule has 2 aromatic rings. The van der Waals surface area contributed by atoms with Crippen molar-refractivity contribution in [3.8, 4) is 0 Å². The number of rotatable bonds is 4. The normalized spacial score (nSPS) is 23.0. The van der Waals surface area contributed by atoms with E-state index in [1.165, 1.54) is 19.3 Å². The van der Waals surface area contributed by atoms with E-state index in [0.717, 1.165) is 62.1 Å². The number of likely N-dealkylation sites (tertiary alicyclic amines) is 1. The summed E-state index contributed by atoms with van der Waals surface area (Å²) in [6, 6.07) is 0.192. The molecule has 3 aliphatic rings. The van der Waals surface area contributed by atoms with E-state index in [9.17, 15) is 4.79 Å². The lowest BCUT2D eigenvalue weighted by atomic mass is 9.95. The largest absolute Gasteiger partial charge is 0.332 e. The average molecular weight is 340 g/mol. The molecule has 1 atom stereocenters. The van der Waals surface area contributed by atoms with E-state index < -0.39 is 0 Å². The molecule has 1 aliphatic heterocycles. The molecule has 0 spiro atoms. The zero-order valence-corrected chi connectivity index (χ0v) is 14.4. The van der Waals surface area contributed by atoms with Gasteiger partial charge in [0.05, 0.1) is 18.3 Å². The van der Waals surface area contributed by atoms with Crippen LogP contribution in [0.3, 0.4) is 0 Å². The fourth-order valence-electron chi connectivity index (χ4n) is 4.27. The van der Waals surface area contributed by atoms with Crippen LogP contribution < -0.4 is 0 Å². The molecule has 7 nitrogen and oxygen atoms in total. The highest BCUT2D eigenvalue weighted by molar-refractivity contribution is 5.94. The van der Waals surface area contributed by atoms with Gasteiger partial charge in [0.1, 0.15) is 0 Å². The zero-order chi connectivity index (χ0) is 16.8. The Bertz CT molecular complexity index is 789. The van der Waals surface area contributed by atoms with Crippen LogP contribution in [0.25, 0.3) is 0 Å². The van der Waals surface area contributed by atoms with Gasteiger partial charge >= 0.3 is 0 Å². The van der Waals surface area contributed by atoms with Gasteiger partial charge in [0.25, 0.3) is 5.91 Å². The third kappa shape index (κ3) is 2.75.